The first-order valence-electron chi connectivity index (χ1n) is 8.70. The molecule has 0 radical (unpaired) electrons. The number of hydrogen-bond acceptors (Lipinski definition) is 3. The third kappa shape index (κ3) is 3.16. The summed E-state index contributed by atoms with van der Waals surface area (Å²) < 4.78 is 7.81. The normalized spacial score (nSPS) is 24.0. The van der Waals surface area contributed by atoms with E-state index in [4.69, 9.17) is 4.74 Å². The van der Waals surface area contributed by atoms with Gasteiger partial charge in [-0.25, -0.2) is 0 Å². The molecule has 0 unspecified atom stereocenters. The van der Waals surface area contributed by atoms with Crippen LogP contribution >= 0.6 is 0 Å². The van der Waals surface area contributed by atoms with Crippen molar-refractivity contribution in [1.29, 1.82) is 0 Å². The molecule has 2 atom stereocenters. The van der Waals surface area contributed by atoms with Crippen molar-refractivity contribution in [3.63, 3.8) is 0 Å². The molecule has 0 N–H and O–H groups in total. The Kier molecular flexibility index (Phi) is 4.00. The second kappa shape index (κ2) is 6.30. The molecule has 1 aromatic carbocycles. The van der Waals surface area contributed by atoms with E-state index in [9.17, 15) is 4.79 Å². The lowest BCUT2D eigenvalue weighted by molar-refractivity contribution is -0.134. The number of amides is 1. The van der Waals surface area contributed by atoms with Crippen molar-refractivity contribution in [2.45, 2.75) is 31.3 Å². The SMILES string of the molecule is Cn1cc([C@@H]2C[C@H]2C(=O)N2CCC(Oc3ccccc3)CC2)cn1. The van der Waals surface area contributed by atoms with Crippen LogP contribution in [0.2, 0.25) is 0 Å². The van der Waals surface area contributed by atoms with Crippen LogP contribution in [0.25, 0.3) is 0 Å². The quantitative estimate of drug-likeness (QED) is 0.868. The Bertz CT molecular complexity index is 704. The van der Waals surface area contributed by atoms with Gasteiger partial charge in [-0.2, -0.15) is 5.10 Å². The summed E-state index contributed by atoms with van der Waals surface area (Å²) >= 11 is 0. The van der Waals surface area contributed by atoms with Crippen molar-refractivity contribution in [3.8, 4) is 5.75 Å². The van der Waals surface area contributed by atoms with Gasteiger partial charge in [0.05, 0.1) is 6.20 Å². The van der Waals surface area contributed by atoms with Crippen molar-refractivity contribution < 1.29 is 9.53 Å². The molecular weight excluding hydrogens is 302 g/mol. The predicted molar refractivity (Wildman–Crippen MR) is 90.7 cm³/mol. The molecule has 1 amide bonds. The van der Waals surface area contributed by atoms with Gasteiger partial charge in [-0.05, 0) is 30.0 Å². The fourth-order valence-electron chi connectivity index (χ4n) is 3.59. The Morgan fingerprint density at radius 2 is 1.96 bits per heavy atom. The maximum Gasteiger partial charge on any atom is 0.226 e. The van der Waals surface area contributed by atoms with Gasteiger partial charge in [-0.1, -0.05) is 18.2 Å². The summed E-state index contributed by atoms with van der Waals surface area (Å²) in [6.45, 7) is 1.60. The van der Waals surface area contributed by atoms with Crippen molar-refractivity contribution >= 4 is 5.91 Å². The highest BCUT2D eigenvalue weighted by Crippen LogP contribution is 2.48. The summed E-state index contributed by atoms with van der Waals surface area (Å²) in [5, 5.41) is 4.21. The zero-order valence-electron chi connectivity index (χ0n) is 14.0. The minimum Gasteiger partial charge on any atom is -0.490 e. The molecule has 2 heterocycles. The first kappa shape index (κ1) is 15.2. The van der Waals surface area contributed by atoms with E-state index in [1.54, 1.807) is 0 Å². The van der Waals surface area contributed by atoms with Crippen LogP contribution in [0, 0.1) is 5.92 Å². The lowest BCUT2D eigenvalue weighted by Crippen LogP contribution is -2.42. The molecular formula is C19H23N3O2. The summed E-state index contributed by atoms with van der Waals surface area (Å²) in [4.78, 5) is 14.7. The summed E-state index contributed by atoms with van der Waals surface area (Å²) in [7, 11) is 1.92. The third-order valence-corrected chi connectivity index (χ3v) is 5.06. The van der Waals surface area contributed by atoms with Gasteiger partial charge < -0.3 is 9.64 Å². The van der Waals surface area contributed by atoms with Gasteiger partial charge in [-0.3, -0.25) is 9.48 Å². The Morgan fingerprint density at radius 1 is 1.21 bits per heavy atom. The van der Waals surface area contributed by atoms with E-state index < -0.39 is 0 Å². The van der Waals surface area contributed by atoms with Gasteiger partial charge in [0.25, 0.3) is 0 Å². The summed E-state index contributed by atoms with van der Waals surface area (Å²) in [5.74, 6) is 1.74. The lowest BCUT2D eigenvalue weighted by Gasteiger charge is -2.32. The van der Waals surface area contributed by atoms with Crippen LogP contribution in [-0.2, 0) is 11.8 Å². The highest BCUT2D eigenvalue weighted by molar-refractivity contribution is 5.83. The summed E-state index contributed by atoms with van der Waals surface area (Å²) in [6, 6.07) is 9.93. The number of aromatic nitrogens is 2. The van der Waals surface area contributed by atoms with E-state index in [1.807, 2.05) is 59.4 Å². The molecule has 0 bridgehead atoms. The largest absolute Gasteiger partial charge is 0.490 e. The summed E-state index contributed by atoms with van der Waals surface area (Å²) in [5.41, 5.74) is 1.19. The molecule has 5 nitrogen and oxygen atoms in total. The first-order valence-corrected chi connectivity index (χ1v) is 8.70. The fourth-order valence-corrected chi connectivity index (χ4v) is 3.59. The van der Waals surface area contributed by atoms with Crippen LogP contribution in [0.4, 0.5) is 0 Å². The molecule has 2 aromatic rings. The smallest absolute Gasteiger partial charge is 0.226 e. The molecule has 2 fully saturated rings. The van der Waals surface area contributed by atoms with E-state index in [2.05, 4.69) is 5.10 Å². The van der Waals surface area contributed by atoms with Gasteiger partial charge in [0, 0.05) is 45.1 Å². The number of benzene rings is 1. The van der Waals surface area contributed by atoms with Crippen LogP contribution in [0.15, 0.2) is 42.7 Å². The second-order valence-corrected chi connectivity index (χ2v) is 6.85. The van der Waals surface area contributed by atoms with Gasteiger partial charge in [0.2, 0.25) is 5.91 Å². The number of rotatable bonds is 4. The zero-order valence-corrected chi connectivity index (χ0v) is 14.0. The average molecular weight is 325 g/mol. The fraction of sp³-hybridized carbons (Fsp3) is 0.474. The summed E-state index contributed by atoms with van der Waals surface area (Å²) in [6.07, 6.45) is 6.90. The molecule has 4 rings (SSSR count). The molecule has 1 saturated carbocycles. The zero-order chi connectivity index (χ0) is 16.5. The maximum absolute atomic E-state index is 12.7. The van der Waals surface area contributed by atoms with E-state index >= 15 is 0 Å². The van der Waals surface area contributed by atoms with E-state index in [0.29, 0.717) is 11.8 Å². The van der Waals surface area contributed by atoms with E-state index in [1.165, 1.54) is 5.56 Å². The molecule has 5 heteroatoms. The highest BCUT2D eigenvalue weighted by atomic mass is 16.5. The minimum atomic E-state index is 0.154. The Morgan fingerprint density at radius 3 is 2.62 bits per heavy atom. The number of piperidine rings is 1. The minimum absolute atomic E-state index is 0.154. The number of likely N-dealkylation sites (tertiary alicyclic amines) is 1. The van der Waals surface area contributed by atoms with Crippen molar-refractivity contribution in [2.75, 3.05) is 13.1 Å². The van der Waals surface area contributed by atoms with Crippen LogP contribution in [0.3, 0.4) is 0 Å². The van der Waals surface area contributed by atoms with Crippen molar-refractivity contribution in [1.82, 2.24) is 14.7 Å². The van der Waals surface area contributed by atoms with Crippen LogP contribution in [0.1, 0.15) is 30.7 Å². The number of ether oxygens (including phenoxy) is 1. The van der Waals surface area contributed by atoms with Crippen LogP contribution in [0.5, 0.6) is 5.75 Å². The number of carbonyl (C=O) groups is 1. The monoisotopic (exact) mass is 325 g/mol. The molecule has 126 valence electrons. The van der Waals surface area contributed by atoms with Crippen LogP contribution in [-0.4, -0.2) is 39.8 Å². The number of para-hydroxylation sites is 1. The Labute approximate surface area is 142 Å². The topological polar surface area (TPSA) is 47.4 Å². The molecule has 2 aliphatic rings. The number of carbonyl (C=O) groups excluding carboxylic acids is 1. The third-order valence-electron chi connectivity index (χ3n) is 5.06. The predicted octanol–water partition coefficient (Wildman–Crippen LogP) is 2.59. The number of nitrogens with zero attached hydrogens (tertiary/aromatic N) is 3. The van der Waals surface area contributed by atoms with E-state index in [0.717, 1.165) is 38.1 Å². The van der Waals surface area contributed by atoms with Gasteiger partial charge in [0.15, 0.2) is 0 Å². The van der Waals surface area contributed by atoms with Gasteiger partial charge in [-0.15, -0.1) is 0 Å². The number of aryl methyl sites for hydroxylation is 1. The van der Waals surface area contributed by atoms with Gasteiger partial charge in [0.1, 0.15) is 11.9 Å². The number of hydrogen-bond donors (Lipinski definition) is 0. The highest BCUT2D eigenvalue weighted by Gasteiger charge is 2.46. The first-order chi connectivity index (χ1) is 11.7. The Balaban J connectivity index is 1.28. The van der Waals surface area contributed by atoms with Crippen molar-refractivity contribution in [2.24, 2.45) is 13.0 Å². The Hall–Kier alpha value is -2.30. The average Bonchev–Trinajstić information content (AvgIpc) is 3.30. The molecule has 1 saturated heterocycles. The second-order valence-electron chi connectivity index (χ2n) is 6.85. The molecule has 1 aromatic heterocycles. The molecule has 24 heavy (non-hydrogen) atoms. The molecule has 1 aliphatic heterocycles. The molecule has 0 spiro atoms. The van der Waals surface area contributed by atoms with Gasteiger partial charge >= 0.3 is 0 Å². The van der Waals surface area contributed by atoms with Crippen LogP contribution < -0.4 is 4.74 Å². The maximum atomic E-state index is 12.7. The van der Waals surface area contributed by atoms with E-state index in [-0.39, 0.29) is 12.0 Å². The standard InChI is InChI=1S/C19H23N3O2/c1-21-13-14(12-20-21)17-11-18(17)19(23)22-9-7-16(8-10-22)24-15-5-3-2-4-6-15/h2-6,12-13,16-18H,7-11H2,1H3/t17-,18+/m0/s1. The lowest BCUT2D eigenvalue weighted by atomic mass is 10.1. The van der Waals surface area contributed by atoms with Crippen molar-refractivity contribution in [3.05, 3.63) is 48.3 Å². The molecule has 1 aliphatic carbocycles.